The molecule has 0 aromatic heterocycles. The van der Waals surface area contributed by atoms with E-state index in [1.165, 1.54) is 39.3 Å². The van der Waals surface area contributed by atoms with Crippen molar-refractivity contribution in [3.63, 3.8) is 0 Å². The zero-order chi connectivity index (χ0) is 23.8. The zero-order valence-electron chi connectivity index (χ0n) is 17.5. The molecule has 3 N–H and O–H groups in total. The molecule has 172 valence electrons. The van der Waals surface area contributed by atoms with E-state index in [1.807, 2.05) is 0 Å². The average Bonchev–Trinajstić information content (AvgIpc) is 2.76. The summed E-state index contributed by atoms with van der Waals surface area (Å²) in [5.41, 5.74) is -0.0836. The molecule has 0 saturated heterocycles. The number of anilines is 1. The molecule has 0 aliphatic rings. The molecule has 0 aliphatic heterocycles. The lowest BCUT2D eigenvalue weighted by Gasteiger charge is -2.20. The summed E-state index contributed by atoms with van der Waals surface area (Å²) in [5, 5.41) is 14.6. The Morgan fingerprint density at radius 2 is 1.72 bits per heavy atom. The lowest BCUT2D eigenvalue weighted by atomic mass is 10.1. The number of hydrogen-bond donors (Lipinski definition) is 3. The first kappa shape index (κ1) is 24.9. The van der Waals surface area contributed by atoms with Gasteiger partial charge in [0.15, 0.2) is 12.6 Å². The van der Waals surface area contributed by atoms with Gasteiger partial charge in [0.2, 0.25) is 0 Å². The van der Waals surface area contributed by atoms with Crippen LogP contribution >= 0.6 is 11.6 Å². The predicted molar refractivity (Wildman–Crippen MR) is 113 cm³/mol. The van der Waals surface area contributed by atoms with Gasteiger partial charge in [0.25, 0.3) is 11.8 Å². The summed E-state index contributed by atoms with van der Waals surface area (Å²) >= 11 is 5.76. The number of ether oxygens (including phenoxy) is 3. The van der Waals surface area contributed by atoms with Gasteiger partial charge in [-0.2, -0.15) is 0 Å². The van der Waals surface area contributed by atoms with Crippen molar-refractivity contribution in [3.8, 4) is 11.5 Å². The molecule has 0 radical (unpaired) electrons. The van der Waals surface area contributed by atoms with Crippen LogP contribution in [0.4, 0.5) is 10.1 Å². The van der Waals surface area contributed by atoms with Gasteiger partial charge in [-0.3, -0.25) is 9.59 Å². The summed E-state index contributed by atoms with van der Waals surface area (Å²) in [6.45, 7) is 0.520. The number of aliphatic hydroxyl groups is 1. The van der Waals surface area contributed by atoms with Gasteiger partial charge in [-0.25, -0.2) is 9.18 Å². The van der Waals surface area contributed by atoms with Crippen molar-refractivity contribution >= 4 is 35.1 Å². The van der Waals surface area contributed by atoms with Gasteiger partial charge in [0.05, 0.1) is 25.9 Å². The summed E-state index contributed by atoms with van der Waals surface area (Å²) < 4.78 is 29.0. The van der Waals surface area contributed by atoms with E-state index in [1.54, 1.807) is 6.07 Å². The molecule has 9 nitrogen and oxygen atoms in total. The van der Waals surface area contributed by atoms with Crippen molar-refractivity contribution in [2.45, 2.75) is 19.1 Å². The van der Waals surface area contributed by atoms with Gasteiger partial charge in [-0.1, -0.05) is 11.6 Å². The van der Waals surface area contributed by atoms with Crippen molar-refractivity contribution in [2.24, 2.45) is 0 Å². The quantitative estimate of drug-likeness (QED) is 0.482. The summed E-state index contributed by atoms with van der Waals surface area (Å²) in [7, 11) is 2.89. The molecular formula is C21H22ClFN2O7. The lowest BCUT2D eigenvalue weighted by Crippen LogP contribution is -2.49. The van der Waals surface area contributed by atoms with Crippen LogP contribution in [0.2, 0.25) is 5.02 Å². The number of benzene rings is 2. The number of halogens is 2. The minimum absolute atomic E-state index is 0.110. The molecule has 0 aliphatic carbocycles. The molecule has 32 heavy (non-hydrogen) atoms. The molecule has 2 rings (SSSR count). The number of amides is 2. The number of carbonyl (C=O) groups excluding carboxylic acids is 3. The Labute approximate surface area is 188 Å². The number of carbonyl (C=O) groups is 3. The molecule has 0 heterocycles. The van der Waals surface area contributed by atoms with Crippen molar-refractivity contribution < 1.29 is 38.1 Å². The Kier molecular flexibility index (Phi) is 8.80. The van der Waals surface area contributed by atoms with Gasteiger partial charge in [-0.15, -0.1) is 0 Å². The highest BCUT2D eigenvalue weighted by atomic mass is 35.5. The van der Waals surface area contributed by atoms with Gasteiger partial charge in [0, 0.05) is 28.9 Å². The van der Waals surface area contributed by atoms with Crippen LogP contribution in [0.1, 0.15) is 17.3 Å². The highest BCUT2D eigenvalue weighted by molar-refractivity contribution is 6.31. The second-order valence-corrected chi connectivity index (χ2v) is 7.01. The van der Waals surface area contributed by atoms with Crippen LogP contribution in [0.15, 0.2) is 36.4 Å². The molecule has 2 atom stereocenters. The molecule has 0 bridgehead atoms. The van der Waals surface area contributed by atoms with Crippen LogP contribution in [-0.2, 0) is 14.3 Å². The third kappa shape index (κ3) is 6.82. The number of hydrogen-bond acceptors (Lipinski definition) is 7. The van der Waals surface area contributed by atoms with Crippen LogP contribution in [0.3, 0.4) is 0 Å². The highest BCUT2D eigenvalue weighted by Gasteiger charge is 2.29. The minimum atomic E-state index is -1.55. The van der Waals surface area contributed by atoms with Crippen molar-refractivity contribution in [1.82, 2.24) is 5.32 Å². The maximum Gasteiger partial charge on any atom is 0.331 e. The number of methoxy groups -OCH3 is 2. The van der Waals surface area contributed by atoms with Gasteiger partial charge in [0.1, 0.15) is 17.3 Å². The fraction of sp³-hybridized carbons (Fsp3) is 0.286. The monoisotopic (exact) mass is 468 g/mol. The number of rotatable bonds is 9. The average molecular weight is 469 g/mol. The summed E-state index contributed by atoms with van der Waals surface area (Å²) in [5.74, 6) is -2.76. The summed E-state index contributed by atoms with van der Waals surface area (Å²) in [6.07, 6.45) is -1.39. The summed E-state index contributed by atoms with van der Waals surface area (Å²) in [6, 6.07) is 6.43. The van der Waals surface area contributed by atoms with Crippen molar-refractivity contribution in [2.75, 3.05) is 26.1 Å². The van der Waals surface area contributed by atoms with E-state index in [0.717, 1.165) is 12.1 Å². The van der Waals surface area contributed by atoms with E-state index in [-0.39, 0.29) is 5.02 Å². The zero-order valence-corrected chi connectivity index (χ0v) is 18.2. The van der Waals surface area contributed by atoms with Crippen LogP contribution in [-0.4, -0.2) is 55.9 Å². The number of aliphatic hydroxyl groups excluding tert-OH is 1. The molecule has 0 fully saturated rings. The van der Waals surface area contributed by atoms with Crippen LogP contribution in [0, 0.1) is 5.82 Å². The van der Waals surface area contributed by atoms with E-state index in [0.29, 0.717) is 17.2 Å². The molecular weight excluding hydrogens is 447 g/mol. The normalized spacial score (nSPS) is 12.3. The van der Waals surface area contributed by atoms with Crippen LogP contribution in [0.5, 0.6) is 11.5 Å². The van der Waals surface area contributed by atoms with Crippen molar-refractivity contribution in [3.05, 3.63) is 52.8 Å². The minimum Gasteiger partial charge on any atom is -0.497 e. The second kappa shape index (κ2) is 11.3. The number of nitrogens with one attached hydrogen (secondary N) is 2. The molecule has 0 saturated carbocycles. The maximum atomic E-state index is 13.9. The third-order valence-electron chi connectivity index (χ3n) is 4.18. The fourth-order valence-electron chi connectivity index (χ4n) is 2.57. The first-order chi connectivity index (χ1) is 15.1. The molecule has 2 aromatic carbocycles. The van der Waals surface area contributed by atoms with E-state index >= 15 is 0 Å². The van der Waals surface area contributed by atoms with Crippen LogP contribution in [0.25, 0.3) is 0 Å². The second-order valence-electron chi connectivity index (χ2n) is 6.57. The molecule has 11 heteroatoms. The Bertz CT molecular complexity index is 978. The molecule has 0 unspecified atom stereocenters. The van der Waals surface area contributed by atoms with Crippen molar-refractivity contribution in [1.29, 1.82) is 0 Å². The van der Waals surface area contributed by atoms with E-state index in [4.69, 9.17) is 25.8 Å². The molecule has 2 aromatic rings. The summed E-state index contributed by atoms with van der Waals surface area (Å²) in [4.78, 5) is 36.8. The topological polar surface area (TPSA) is 123 Å². The van der Waals surface area contributed by atoms with E-state index in [2.05, 4.69) is 10.6 Å². The standard InChI is InChI=1S/C21H22ClFN2O7/c1-11(26)19(25-20(28)16-6-12(22)4-5-17(16)23)21(29)32-10-18(27)24-13-7-14(30-2)9-15(8-13)31-3/h4-9,11,19,26H,10H2,1-3H3,(H,24,27)(H,25,28)/t11-,19+/m1/s1. The first-order valence-corrected chi connectivity index (χ1v) is 9.66. The largest absolute Gasteiger partial charge is 0.497 e. The van der Waals surface area contributed by atoms with Gasteiger partial charge < -0.3 is 30.0 Å². The first-order valence-electron chi connectivity index (χ1n) is 9.28. The SMILES string of the molecule is COc1cc(NC(=O)COC(=O)[C@@H](NC(=O)c2cc(Cl)ccc2F)[C@@H](C)O)cc(OC)c1. The van der Waals surface area contributed by atoms with Gasteiger partial charge in [-0.05, 0) is 25.1 Å². The highest BCUT2D eigenvalue weighted by Crippen LogP contribution is 2.25. The Balaban J connectivity index is 2.00. The van der Waals surface area contributed by atoms with Crippen LogP contribution < -0.4 is 20.1 Å². The Morgan fingerprint density at radius 1 is 1.09 bits per heavy atom. The predicted octanol–water partition coefficient (Wildman–Crippen LogP) is 2.16. The molecule has 0 spiro atoms. The maximum absolute atomic E-state index is 13.9. The Morgan fingerprint density at radius 3 is 2.28 bits per heavy atom. The van der Waals surface area contributed by atoms with E-state index in [9.17, 15) is 23.9 Å². The smallest absolute Gasteiger partial charge is 0.331 e. The Hall–Kier alpha value is -3.37. The van der Waals surface area contributed by atoms with Gasteiger partial charge >= 0.3 is 5.97 Å². The lowest BCUT2D eigenvalue weighted by molar-refractivity contribution is -0.151. The fourth-order valence-corrected chi connectivity index (χ4v) is 2.74. The van der Waals surface area contributed by atoms with E-state index < -0.39 is 47.9 Å². The number of esters is 1. The third-order valence-corrected chi connectivity index (χ3v) is 4.41. The molecule has 2 amide bonds.